The molecule has 0 rings (SSSR count). The predicted octanol–water partition coefficient (Wildman–Crippen LogP) is 1.03. The van der Waals surface area contributed by atoms with Gasteiger partial charge in [-0.1, -0.05) is 0 Å². The van der Waals surface area contributed by atoms with Gasteiger partial charge in [0.25, 0.3) is 0 Å². The fourth-order valence-electron chi connectivity index (χ4n) is 0.729. The summed E-state index contributed by atoms with van der Waals surface area (Å²) in [5.41, 5.74) is 0. The first kappa shape index (κ1) is 10.5. The molecule has 0 saturated carbocycles. The summed E-state index contributed by atoms with van der Waals surface area (Å²) in [7, 11) is 0. The van der Waals surface area contributed by atoms with E-state index in [0.29, 0.717) is 0 Å². The van der Waals surface area contributed by atoms with Crippen molar-refractivity contribution in [2.45, 2.75) is 19.8 Å². The van der Waals surface area contributed by atoms with Gasteiger partial charge in [0.15, 0.2) is 0 Å². The lowest BCUT2D eigenvalue weighted by atomic mass is 10.3. The first-order valence-electron chi connectivity index (χ1n) is 4.13. The van der Waals surface area contributed by atoms with Crippen LogP contribution in [-0.4, -0.2) is 26.3 Å². The van der Waals surface area contributed by atoms with E-state index in [4.69, 9.17) is 11.2 Å². The summed E-state index contributed by atoms with van der Waals surface area (Å²) in [6, 6.07) is 0. The Bertz CT molecular complexity index is 107. The summed E-state index contributed by atoms with van der Waals surface area (Å²) in [5.74, 6) is 2.60. The monoisotopic (exact) mass is 155 g/mol. The summed E-state index contributed by atoms with van der Waals surface area (Å²) in [6.45, 7) is 5.52. The van der Waals surface area contributed by atoms with Gasteiger partial charge in [-0.2, -0.15) is 0 Å². The number of hydrogen-bond acceptors (Lipinski definition) is 2. The number of rotatable bonds is 7. The largest absolute Gasteiger partial charge is 0.380 e. The minimum atomic E-state index is 0.798. The van der Waals surface area contributed by atoms with Crippen molar-refractivity contribution in [1.29, 1.82) is 0 Å². The first-order chi connectivity index (χ1) is 5.41. The van der Waals surface area contributed by atoms with Crippen LogP contribution in [0.25, 0.3) is 0 Å². The number of ether oxygens (including phenoxy) is 1. The third kappa shape index (κ3) is 9.48. The second kappa shape index (κ2) is 9.48. The molecule has 0 unspecified atom stereocenters. The molecule has 11 heavy (non-hydrogen) atoms. The van der Waals surface area contributed by atoms with Crippen molar-refractivity contribution >= 4 is 0 Å². The molecule has 0 saturated heterocycles. The average Bonchev–Trinajstić information content (AvgIpc) is 2.03. The molecular formula is C9H17NO. The van der Waals surface area contributed by atoms with Gasteiger partial charge < -0.3 is 10.1 Å². The van der Waals surface area contributed by atoms with Gasteiger partial charge >= 0.3 is 0 Å². The zero-order valence-corrected chi connectivity index (χ0v) is 7.23. The van der Waals surface area contributed by atoms with Crippen LogP contribution in [0, 0.1) is 12.3 Å². The van der Waals surface area contributed by atoms with Gasteiger partial charge in [-0.3, -0.25) is 0 Å². The molecular weight excluding hydrogens is 138 g/mol. The maximum absolute atomic E-state index is 5.14. The standard InChI is InChI=1S/C9H17NO/c1-3-5-6-7-10-8-9-11-4-2/h1,10H,4-9H2,2H3. The van der Waals surface area contributed by atoms with Crippen molar-refractivity contribution in [2.24, 2.45) is 0 Å². The van der Waals surface area contributed by atoms with Gasteiger partial charge in [0.2, 0.25) is 0 Å². The van der Waals surface area contributed by atoms with Crippen LogP contribution in [0.15, 0.2) is 0 Å². The number of nitrogens with one attached hydrogen (secondary N) is 1. The van der Waals surface area contributed by atoms with Gasteiger partial charge in [-0.05, 0) is 19.9 Å². The topological polar surface area (TPSA) is 21.3 Å². The molecule has 2 nitrogen and oxygen atoms in total. The molecule has 0 aromatic carbocycles. The summed E-state index contributed by atoms with van der Waals surface area (Å²) < 4.78 is 5.14. The van der Waals surface area contributed by atoms with Crippen molar-refractivity contribution in [3.05, 3.63) is 0 Å². The van der Waals surface area contributed by atoms with Gasteiger partial charge in [0, 0.05) is 19.6 Å². The van der Waals surface area contributed by atoms with Gasteiger partial charge in [-0.15, -0.1) is 12.3 Å². The Kier molecular flexibility index (Phi) is 9.03. The van der Waals surface area contributed by atoms with Crippen LogP contribution >= 0.6 is 0 Å². The van der Waals surface area contributed by atoms with Crippen LogP contribution < -0.4 is 5.32 Å². The van der Waals surface area contributed by atoms with E-state index in [2.05, 4.69) is 11.2 Å². The van der Waals surface area contributed by atoms with Crippen LogP contribution in [0.5, 0.6) is 0 Å². The minimum absolute atomic E-state index is 0.798. The van der Waals surface area contributed by atoms with E-state index in [0.717, 1.165) is 39.1 Å². The highest BCUT2D eigenvalue weighted by atomic mass is 16.5. The Morgan fingerprint density at radius 3 is 2.91 bits per heavy atom. The molecule has 0 aliphatic rings. The molecule has 0 heterocycles. The first-order valence-corrected chi connectivity index (χ1v) is 4.13. The Balaban J connectivity index is 2.75. The van der Waals surface area contributed by atoms with E-state index < -0.39 is 0 Å². The quantitative estimate of drug-likeness (QED) is 0.438. The van der Waals surface area contributed by atoms with Crippen molar-refractivity contribution < 1.29 is 4.74 Å². The van der Waals surface area contributed by atoms with Crippen molar-refractivity contribution in [2.75, 3.05) is 26.3 Å². The summed E-state index contributed by atoms with van der Waals surface area (Å²) in [6.07, 6.45) is 7.01. The van der Waals surface area contributed by atoms with E-state index in [1.54, 1.807) is 0 Å². The third-order valence-electron chi connectivity index (χ3n) is 1.30. The zero-order valence-electron chi connectivity index (χ0n) is 7.23. The van der Waals surface area contributed by atoms with Crippen LogP contribution in [0.4, 0.5) is 0 Å². The molecule has 64 valence electrons. The average molecular weight is 155 g/mol. The number of terminal acetylenes is 1. The fraction of sp³-hybridized carbons (Fsp3) is 0.778. The SMILES string of the molecule is C#CCCCNCCOCC. The molecule has 0 aliphatic carbocycles. The van der Waals surface area contributed by atoms with Gasteiger partial charge in [-0.25, -0.2) is 0 Å². The Morgan fingerprint density at radius 1 is 1.45 bits per heavy atom. The second-order valence-electron chi connectivity index (χ2n) is 2.25. The molecule has 1 N–H and O–H groups in total. The number of hydrogen-bond donors (Lipinski definition) is 1. The molecule has 0 aliphatic heterocycles. The maximum Gasteiger partial charge on any atom is 0.0590 e. The van der Waals surface area contributed by atoms with Gasteiger partial charge in [0.05, 0.1) is 6.61 Å². The van der Waals surface area contributed by atoms with Crippen molar-refractivity contribution in [3.63, 3.8) is 0 Å². The predicted molar refractivity (Wildman–Crippen MR) is 47.4 cm³/mol. The van der Waals surface area contributed by atoms with Crippen LogP contribution in [0.2, 0.25) is 0 Å². The van der Waals surface area contributed by atoms with E-state index in [1.165, 1.54) is 0 Å². The lowest BCUT2D eigenvalue weighted by Crippen LogP contribution is -2.20. The van der Waals surface area contributed by atoms with Crippen LogP contribution in [0.3, 0.4) is 0 Å². The molecule has 0 radical (unpaired) electrons. The molecule has 0 fully saturated rings. The van der Waals surface area contributed by atoms with Crippen molar-refractivity contribution in [1.82, 2.24) is 5.32 Å². The van der Waals surface area contributed by atoms with E-state index in [-0.39, 0.29) is 0 Å². The highest BCUT2D eigenvalue weighted by Crippen LogP contribution is 1.81. The Morgan fingerprint density at radius 2 is 2.27 bits per heavy atom. The van der Waals surface area contributed by atoms with E-state index in [1.807, 2.05) is 6.92 Å². The molecule has 0 atom stereocenters. The molecule has 0 spiro atoms. The Hall–Kier alpha value is -0.520. The lowest BCUT2D eigenvalue weighted by molar-refractivity contribution is 0.149. The molecule has 0 aromatic rings. The van der Waals surface area contributed by atoms with E-state index >= 15 is 0 Å². The summed E-state index contributed by atoms with van der Waals surface area (Å²) in [5, 5.41) is 3.23. The summed E-state index contributed by atoms with van der Waals surface area (Å²) in [4.78, 5) is 0. The summed E-state index contributed by atoms with van der Waals surface area (Å²) >= 11 is 0. The lowest BCUT2D eigenvalue weighted by Gasteiger charge is -2.02. The normalized spacial score (nSPS) is 9.45. The van der Waals surface area contributed by atoms with Crippen LogP contribution in [-0.2, 0) is 4.74 Å². The van der Waals surface area contributed by atoms with Crippen molar-refractivity contribution in [3.8, 4) is 12.3 Å². The highest BCUT2D eigenvalue weighted by molar-refractivity contribution is 4.83. The van der Waals surface area contributed by atoms with Crippen LogP contribution in [0.1, 0.15) is 19.8 Å². The Labute approximate surface area is 69.3 Å². The van der Waals surface area contributed by atoms with E-state index in [9.17, 15) is 0 Å². The molecule has 0 amide bonds. The molecule has 0 aromatic heterocycles. The molecule has 0 bridgehead atoms. The van der Waals surface area contributed by atoms with Gasteiger partial charge in [0.1, 0.15) is 0 Å². The maximum atomic E-state index is 5.14. The highest BCUT2D eigenvalue weighted by Gasteiger charge is 1.85. The zero-order chi connectivity index (χ0) is 8.36. The second-order valence-corrected chi connectivity index (χ2v) is 2.25. The minimum Gasteiger partial charge on any atom is -0.380 e. The third-order valence-corrected chi connectivity index (χ3v) is 1.30. The fourth-order valence-corrected chi connectivity index (χ4v) is 0.729. The number of unbranched alkanes of at least 4 members (excludes halogenated alkanes) is 1. The molecule has 2 heteroatoms. The smallest absolute Gasteiger partial charge is 0.0590 e.